The fourth-order valence-electron chi connectivity index (χ4n) is 1.46. The maximum Gasteiger partial charge on any atom is 0.417 e. The first-order valence-electron chi connectivity index (χ1n) is 6.24. The molecular formula is C13H10ClF3N4OS. The van der Waals surface area contributed by atoms with Crippen LogP contribution in [0.5, 0.6) is 0 Å². The Hall–Kier alpha value is -1.87. The predicted octanol–water partition coefficient (Wildman–Crippen LogP) is 3.66. The highest BCUT2D eigenvalue weighted by molar-refractivity contribution is 8.00. The van der Waals surface area contributed by atoms with Crippen molar-refractivity contribution in [2.45, 2.75) is 23.4 Å². The molecule has 1 atom stereocenters. The summed E-state index contributed by atoms with van der Waals surface area (Å²) in [6, 6.07) is 2.38. The molecule has 2 heterocycles. The number of hydrogen-bond acceptors (Lipinski definition) is 5. The van der Waals surface area contributed by atoms with E-state index < -0.39 is 22.9 Å². The minimum absolute atomic E-state index is 0.135. The van der Waals surface area contributed by atoms with E-state index in [9.17, 15) is 18.0 Å². The molecule has 0 spiro atoms. The fraction of sp³-hybridized carbons (Fsp3) is 0.231. The minimum atomic E-state index is -4.52. The third-order valence-corrected chi connectivity index (χ3v) is 4.11. The van der Waals surface area contributed by atoms with Gasteiger partial charge in [0.1, 0.15) is 5.03 Å². The van der Waals surface area contributed by atoms with Crippen LogP contribution in [-0.2, 0) is 11.0 Å². The highest BCUT2D eigenvalue weighted by atomic mass is 35.5. The van der Waals surface area contributed by atoms with Crippen LogP contribution in [-0.4, -0.2) is 26.1 Å². The Labute approximate surface area is 138 Å². The van der Waals surface area contributed by atoms with Crippen LogP contribution in [0, 0.1) is 0 Å². The number of alkyl halides is 3. The molecule has 1 unspecified atom stereocenters. The molecule has 0 aromatic carbocycles. The van der Waals surface area contributed by atoms with Gasteiger partial charge in [-0.25, -0.2) is 15.0 Å². The van der Waals surface area contributed by atoms with Gasteiger partial charge in [0.15, 0.2) is 0 Å². The normalized spacial score (nSPS) is 12.7. The lowest BCUT2D eigenvalue weighted by Gasteiger charge is -2.12. The Morgan fingerprint density at radius 1 is 1.30 bits per heavy atom. The van der Waals surface area contributed by atoms with E-state index in [0.29, 0.717) is 6.20 Å². The fourth-order valence-corrected chi connectivity index (χ4v) is 2.55. The van der Waals surface area contributed by atoms with Gasteiger partial charge < -0.3 is 0 Å². The zero-order chi connectivity index (χ0) is 17.0. The van der Waals surface area contributed by atoms with Gasteiger partial charge in [-0.15, -0.1) is 0 Å². The zero-order valence-electron chi connectivity index (χ0n) is 11.6. The number of amides is 1. The topological polar surface area (TPSA) is 67.8 Å². The molecule has 1 amide bonds. The van der Waals surface area contributed by atoms with Crippen LogP contribution in [0.2, 0.25) is 5.02 Å². The van der Waals surface area contributed by atoms with Crippen molar-refractivity contribution in [1.29, 1.82) is 0 Å². The molecule has 23 heavy (non-hydrogen) atoms. The lowest BCUT2D eigenvalue weighted by atomic mass is 10.3. The summed E-state index contributed by atoms with van der Waals surface area (Å²) in [6.45, 7) is 1.57. The average molecular weight is 363 g/mol. The van der Waals surface area contributed by atoms with Crippen molar-refractivity contribution < 1.29 is 18.0 Å². The summed E-state index contributed by atoms with van der Waals surface area (Å²) >= 11 is 6.74. The number of hydrogen-bond donors (Lipinski definition) is 1. The van der Waals surface area contributed by atoms with E-state index in [1.807, 2.05) is 0 Å². The van der Waals surface area contributed by atoms with Crippen molar-refractivity contribution in [3.63, 3.8) is 0 Å². The maximum absolute atomic E-state index is 12.5. The van der Waals surface area contributed by atoms with Gasteiger partial charge >= 0.3 is 6.18 Å². The monoisotopic (exact) mass is 362 g/mol. The standard InChI is InChI=1S/C13H10ClF3N4OS/c1-7(10(22)21-12-18-3-2-4-19-12)23-11-9(14)5-8(6-20-11)13(15,16)17/h2-7H,1H3,(H,18,19,21,22). The molecule has 2 aromatic heterocycles. The number of rotatable bonds is 4. The van der Waals surface area contributed by atoms with Gasteiger partial charge in [0.2, 0.25) is 11.9 Å². The molecule has 5 nitrogen and oxygen atoms in total. The first-order chi connectivity index (χ1) is 10.8. The summed E-state index contributed by atoms with van der Waals surface area (Å²) in [6.07, 6.45) is -0.907. The van der Waals surface area contributed by atoms with Gasteiger partial charge in [0, 0.05) is 18.6 Å². The smallest absolute Gasteiger partial charge is 0.294 e. The average Bonchev–Trinajstić information content (AvgIpc) is 2.49. The van der Waals surface area contributed by atoms with Crippen LogP contribution < -0.4 is 5.32 Å². The number of carbonyl (C=O) groups excluding carboxylic acids is 1. The Kier molecular flexibility index (Phi) is 5.42. The molecule has 0 aliphatic heterocycles. The van der Waals surface area contributed by atoms with Crippen LogP contribution >= 0.6 is 23.4 Å². The van der Waals surface area contributed by atoms with Crippen molar-refractivity contribution in [1.82, 2.24) is 15.0 Å². The molecule has 0 bridgehead atoms. The van der Waals surface area contributed by atoms with Crippen molar-refractivity contribution in [3.05, 3.63) is 41.3 Å². The molecular weight excluding hydrogens is 353 g/mol. The molecule has 0 radical (unpaired) electrons. The second-order valence-electron chi connectivity index (χ2n) is 4.33. The number of thioether (sulfide) groups is 1. The first kappa shape index (κ1) is 17.5. The van der Waals surface area contributed by atoms with Crippen molar-refractivity contribution >= 4 is 35.2 Å². The lowest BCUT2D eigenvalue weighted by molar-refractivity contribution is -0.137. The van der Waals surface area contributed by atoms with E-state index in [4.69, 9.17) is 11.6 Å². The Bertz CT molecular complexity index is 699. The number of nitrogens with zero attached hydrogens (tertiary/aromatic N) is 3. The van der Waals surface area contributed by atoms with E-state index in [1.165, 1.54) is 12.4 Å². The lowest BCUT2D eigenvalue weighted by Crippen LogP contribution is -2.23. The summed E-state index contributed by atoms with van der Waals surface area (Å²) < 4.78 is 37.6. The van der Waals surface area contributed by atoms with Gasteiger partial charge in [0.25, 0.3) is 0 Å². The number of nitrogens with one attached hydrogen (secondary N) is 1. The molecule has 0 fully saturated rings. The molecule has 0 aliphatic rings. The molecule has 2 aromatic rings. The summed E-state index contributed by atoms with van der Waals surface area (Å²) in [5, 5.41) is 1.80. The van der Waals surface area contributed by atoms with Crippen LogP contribution in [0.25, 0.3) is 0 Å². The highest BCUT2D eigenvalue weighted by Gasteiger charge is 2.32. The molecule has 2 rings (SSSR count). The van der Waals surface area contributed by atoms with Gasteiger partial charge in [-0.2, -0.15) is 13.2 Å². The maximum atomic E-state index is 12.5. The van der Waals surface area contributed by atoms with Gasteiger partial charge in [-0.1, -0.05) is 23.4 Å². The second kappa shape index (κ2) is 7.14. The number of halogens is 4. The highest BCUT2D eigenvalue weighted by Crippen LogP contribution is 2.34. The Balaban J connectivity index is 2.05. The minimum Gasteiger partial charge on any atom is -0.294 e. The Morgan fingerprint density at radius 2 is 1.96 bits per heavy atom. The predicted molar refractivity (Wildman–Crippen MR) is 80.2 cm³/mol. The van der Waals surface area contributed by atoms with E-state index >= 15 is 0 Å². The van der Waals surface area contributed by atoms with Crippen molar-refractivity contribution in [3.8, 4) is 0 Å². The molecule has 122 valence electrons. The van der Waals surface area contributed by atoms with Gasteiger partial charge in [0.05, 0.1) is 15.8 Å². The van der Waals surface area contributed by atoms with E-state index in [1.54, 1.807) is 13.0 Å². The molecule has 0 saturated heterocycles. The van der Waals surface area contributed by atoms with Crippen LogP contribution in [0.3, 0.4) is 0 Å². The molecule has 0 saturated carbocycles. The number of aromatic nitrogens is 3. The van der Waals surface area contributed by atoms with E-state index in [-0.39, 0.29) is 16.0 Å². The summed E-state index contributed by atoms with van der Waals surface area (Å²) in [5.74, 6) is -0.282. The first-order valence-corrected chi connectivity index (χ1v) is 7.50. The third kappa shape index (κ3) is 4.80. The number of anilines is 1. The second-order valence-corrected chi connectivity index (χ2v) is 6.07. The van der Waals surface area contributed by atoms with E-state index in [0.717, 1.165) is 17.8 Å². The number of carbonyl (C=O) groups is 1. The van der Waals surface area contributed by atoms with E-state index in [2.05, 4.69) is 20.3 Å². The summed E-state index contributed by atoms with van der Waals surface area (Å²) in [5.41, 5.74) is -0.943. The molecule has 0 aliphatic carbocycles. The van der Waals surface area contributed by atoms with Crippen LogP contribution in [0.4, 0.5) is 19.1 Å². The van der Waals surface area contributed by atoms with Crippen molar-refractivity contribution in [2.24, 2.45) is 0 Å². The summed E-state index contributed by atoms with van der Waals surface area (Å²) in [4.78, 5) is 23.4. The summed E-state index contributed by atoms with van der Waals surface area (Å²) in [7, 11) is 0. The third-order valence-electron chi connectivity index (χ3n) is 2.59. The Morgan fingerprint density at radius 3 is 2.52 bits per heavy atom. The van der Waals surface area contributed by atoms with Gasteiger partial charge in [-0.3, -0.25) is 10.1 Å². The van der Waals surface area contributed by atoms with Crippen LogP contribution in [0.1, 0.15) is 12.5 Å². The van der Waals surface area contributed by atoms with Gasteiger partial charge in [-0.05, 0) is 19.1 Å². The van der Waals surface area contributed by atoms with Crippen LogP contribution in [0.15, 0.2) is 35.7 Å². The zero-order valence-corrected chi connectivity index (χ0v) is 13.2. The molecule has 1 N–H and O–H groups in total. The largest absolute Gasteiger partial charge is 0.417 e. The number of pyridine rings is 1. The quantitative estimate of drug-likeness (QED) is 0.841. The van der Waals surface area contributed by atoms with Crippen molar-refractivity contribution in [2.75, 3.05) is 5.32 Å². The SMILES string of the molecule is CC(Sc1ncc(C(F)(F)F)cc1Cl)C(=O)Nc1ncccn1. The molecule has 10 heteroatoms.